The molecule has 0 radical (unpaired) electrons. The van der Waals surface area contributed by atoms with Crippen molar-refractivity contribution in [1.29, 1.82) is 0 Å². The number of carbonyl (C=O) groups excluding carboxylic acids is 1. The van der Waals surface area contributed by atoms with E-state index >= 15 is 0 Å². The van der Waals surface area contributed by atoms with Crippen LogP contribution in [0.25, 0.3) is 0 Å². The third-order valence-electron chi connectivity index (χ3n) is 3.51. The maximum absolute atomic E-state index is 12.4. The topological polar surface area (TPSA) is 40.5 Å². The third kappa shape index (κ3) is 1.92. The van der Waals surface area contributed by atoms with Gasteiger partial charge in [-0.05, 0) is 17.2 Å². The van der Waals surface area contributed by atoms with Crippen molar-refractivity contribution in [2.75, 3.05) is 13.2 Å². The molecule has 0 saturated carbocycles. The summed E-state index contributed by atoms with van der Waals surface area (Å²) in [6.45, 7) is 0.330. The van der Waals surface area contributed by atoms with E-state index in [1.54, 1.807) is 4.90 Å². The minimum absolute atomic E-state index is 0.00139. The first kappa shape index (κ1) is 11.9. The molecular formula is C16H15NO2. The van der Waals surface area contributed by atoms with Crippen LogP contribution in [0.4, 0.5) is 0 Å². The summed E-state index contributed by atoms with van der Waals surface area (Å²) in [5, 5.41) is 9.19. The predicted octanol–water partition coefficient (Wildman–Crippen LogP) is 2.22. The molecule has 0 fully saturated rings. The molecule has 0 aromatic heterocycles. The summed E-state index contributed by atoms with van der Waals surface area (Å²) in [6, 6.07) is 17.5. The Kier molecular flexibility index (Phi) is 3.05. The van der Waals surface area contributed by atoms with Gasteiger partial charge in [-0.25, -0.2) is 0 Å². The van der Waals surface area contributed by atoms with E-state index in [1.165, 1.54) is 0 Å². The van der Waals surface area contributed by atoms with Gasteiger partial charge in [0.1, 0.15) is 0 Å². The molecule has 1 atom stereocenters. The van der Waals surface area contributed by atoms with Crippen LogP contribution in [0, 0.1) is 0 Å². The average Bonchev–Trinajstić information content (AvgIpc) is 2.74. The highest BCUT2D eigenvalue weighted by molar-refractivity contribution is 5.99. The van der Waals surface area contributed by atoms with E-state index in [1.807, 2.05) is 54.6 Å². The zero-order valence-electron chi connectivity index (χ0n) is 10.5. The summed E-state index contributed by atoms with van der Waals surface area (Å²) in [7, 11) is 0. The second kappa shape index (κ2) is 4.86. The molecule has 1 unspecified atom stereocenters. The highest BCUT2D eigenvalue weighted by Crippen LogP contribution is 2.37. The molecule has 3 rings (SSSR count). The fraction of sp³-hybridized carbons (Fsp3) is 0.188. The fourth-order valence-corrected chi connectivity index (χ4v) is 2.70. The lowest BCUT2D eigenvalue weighted by atomic mass is 9.98. The van der Waals surface area contributed by atoms with Crippen molar-refractivity contribution >= 4 is 5.91 Å². The van der Waals surface area contributed by atoms with Gasteiger partial charge in [-0.3, -0.25) is 4.79 Å². The zero-order valence-corrected chi connectivity index (χ0v) is 10.5. The van der Waals surface area contributed by atoms with Crippen molar-refractivity contribution in [3.05, 3.63) is 71.3 Å². The van der Waals surface area contributed by atoms with Crippen LogP contribution in [-0.2, 0) is 0 Å². The second-order valence-corrected chi connectivity index (χ2v) is 4.62. The molecule has 96 valence electrons. The number of β-amino-alcohol motifs (C(OH)–C–C–N with tert-alkyl or cyclic N) is 1. The number of benzene rings is 2. The van der Waals surface area contributed by atoms with Gasteiger partial charge in [0.15, 0.2) is 0 Å². The van der Waals surface area contributed by atoms with Crippen LogP contribution >= 0.6 is 0 Å². The molecule has 3 heteroatoms. The van der Waals surface area contributed by atoms with Crippen molar-refractivity contribution in [2.45, 2.75) is 6.04 Å². The van der Waals surface area contributed by atoms with Crippen LogP contribution in [0.2, 0.25) is 0 Å². The van der Waals surface area contributed by atoms with Gasteiger partial charge in [-0.2, -0.15) is 0 Å². The maximum atomic E-state index is 12.4. The summed E-state index contributed by atoms with van der Waals surface area (Å²) in [5.41, 5.74) is 2.84. The SMILES string of the molecule is O=C1c2ccccc2C(c2ccccc2)N1CCO. The maximum Gasteiger partial charge on any atom is 0.255 e. The summed E-state index contributed by atoms with van der Waals surface area (Å²) in [5.74, 6) is -0.00139. The first-order valence-electron chi connectivity index (χ1n) is 6.38. The molecule has 1 aliphatic heterocycles. The van der Waals surface area contributed by atoms with E-state index in [0.717, 1.165) is 16.7 Å². The fourth-order valence-electron chi connectivity index (χ4n) is 2.70. The van der Waals surface area contributed by atoms with Crippen molar-refractivity contribution in [3.8, 4) is 0 Å². The summed E-state index contributed by atoms with van der Waals surface area (Å²) >= 11 is 0. The monoisotopic (exact) mass is 253 g/mol. The first-order valence-corrected chi connectivity index (χ1v) is 6.38. The minimum atomic E-state index is -0.0861. The molecule has 19 heavy (non-hydrogen) atoms. The van der Waals surface area contributed by atoms with Gasteiger partial charge < -0.3 is 10.0 Å². The lowest BCUT2D eigenvalue weighted by molar-refractivity contribution is 0.0712. The number of rotatable bonds is 3. The molecule has 0 aliphatic carbocycles. The number of carbonyl (C=O) groups is 1. The van der Waals surface area contributed by atoms with Crippen molar-refractivity contribution in [3.63, 3.8) is 0 Å². The largest absolute Gasteiger partial charge is 0.395 e. The van der Waals surface area contributed by atoms with E-state index < -0.39 is 0 Å². The van der Waals surface area contributed by atoms with Gasteiger partial charge in [-0.15, -0.1) is 0 Å². The number of aliphatic hydroxyl groups is 1. The van der Waals surface area contributed by atoms with E-state index in [-0.39, 0.29) is 18.6 Å². The Morgan fingerprint density at radius 2 is 1.68 bits per heavy atom. The molecular weight excluding hydrogens is 238 g/mol. The Balaban J connectivity index is 2.11. The first-order chi connectivity index (χ1) is 9.33. The van der Waals surface area contributed by atoms with Gasteiger partial charge in [-0.1, -0.05) is 48.5 Å². The molecule has 1 amide bonds. The summed E-state index contributed by atoms with van der Waals surface area (Å²) < 4.78 is 0. The Hall–Kier alpha value is -2.13. The van der Waals surface area contributed by atoms with E-state index in [9.17, 15) is 9.90 Å². The number of amides is 1. The molecule has 0 bridgehead atoms. The number of hydrogen-bond acceptors (Lipinski definition) is 2. The van der Waals surface area contributed by atoms with E-state index in [2.05, 4.69) is 0 Å². The van der Waals surface area contributed by atoms with Crippen LogP contribution in [0.15, 0.2) is 54.6 Å². The summed E-state index contributed by atoms with van der Waals surface area (Å²) in [4.78, 5) is 14.1. The zero-order chi connectivity index (χ0) is 13.2. The normalized spacial score (nSPS) is 17.6. The van der Waals surface area contributed by atoms with Crippen molar-refractivity contribution < 1.29 is 9.90 Å². The van der Waals surface area contributed by atoms with Crippen LogP contribution < -0.4 is 0 Å². The molecule has 1 N–H and O–H groups in total. The quantitative estimate of drug-likeness (QED) is 0.911. The van der Waals surface area contributed by atoms with Crippen molar-refractivity contribution in [1.82, 2.24) is 4.90 Å². The smallest absolute Gasteiger partial charge is 0.255 e. The standard InChI is InChI=1S/C16H15NO2/c18-11-10-17-15(12-6-2-1-3-7-12)13-8-4-5-9-14(13)16(17)19/h1-9,15,18H,10-11H2. The Bertz CT molecular complexity index is 595. The van der Waals surface area contributed by atoms with Crippen LogP contribution in [0.3, 0.4) is 0 Å². The number of fused-ring (bicyclic) bond motifs is 1. The predicted molar refractivity (Wildman–Crippen MR) is 72.8 cm³/mol. The lowest BCUT2D eigenvalue weighted by Crippen LogP contribution is -2.31. The molecule has 1 heterocycles. The van der Waals surface area contributed by atoms with Gasteiger partial charge in [0, 0.05) is 12.1 Å². The Morgan fingerprint density at radius 3 is 2.42 bits per heavy atom. The van der Waals surface area contributed by atoms with Crippen molar-refractivity contribution in [2.24, 2.45) is 0 Å². The molecule has 2 aromatic rings. The van der Waals surface area contributed by atoms with Gasteiger partial charge >= 0.3 is 0 Å². The van der Waals surface area contributed by atoms with Gasteiger partial charge in [0.2, 0.25) is 0 Å². The molecule has 1 aliphatic rings. The summed E-state index contributed by atoms with van der Waals surface area (Å²) in [6.07, 6.45) is 0. The Labute approximate surface area is 112 Å². The van der Waals surface area contributed by atoms with Gasteiger partial charge in [0.05, 0.1) is 12.6 Å². The highest BCUT2D eigenvalue weighted by atomic mass is 16.3. The highest BCUT2D eigenvalue weighted by Gasteiger charge is 2.36. The molecule has 2 aromatic carbocycles. The Morgan fingerprint density at radius 1 is 1.00 bits per heavy atom. The minimum Gasteiger partial charge on any atom is -0.395 e. The molecule has 0 saturated heterocycles. The second-order valence-electron chi connectivity index (χ2n) is 4.62. The number of aliphatic hydroxyl groups excluding tert-OH is 1. The number of nitrogens with zero attached hydrogens (tertiary/aromatic N) is 1. The third-order valence-corrected chi connectivity index (χ3v) is 3.51. The van der Waals surface area contributed by atoms with E-state index in [0.29, 0.717) is 6.54 Å². The van der Waals surface area contributed by atoms with Crippen LogP contribution in [0.1, 0.15) is 27.5 Å². The lowest BCUT2D eigenvalue weighted by Gasteiger charge is -2.25. The van der Waals surface area contributed by atoms with E-state index in [4.69, 9.17) is 0 Å². The number of hydrogen-bond donors (Lipinski definition) is 1. The van der Waals surface area contributed by atoms with Crippen LogP contribution in [0.5, 0.6) is 0 Å². The molecule has 3 nitrogen and oxygen atoms in total. The average molecular weight is 253 g/mol. The molecule has 0 spiro atoms. The van der Waals surface area contributed by atoms with Gasteiger partial charge in [0.25, 0.3) is 5.91 Å². The van der Waals surface area contributed by atoms with Crippen LogP contribution in [-0.4, -0.2) is 29.1 Å².